The number of phosphoric ester groups is 1. The molecule has 10 amide bonds. The van der Waals surface area contributed by atoms with E-state index >= 15 is 0 Å². The number of alkyl halides is 2. The third-order valence-corrected chi connectivity index (χ3v) is 22.2. The average Bonchev–Trinajstić information content (AvgIpc) is 1.61. The van der Waals surface area contributed by atoms with E-state index in [0.29, 0.717) is 103 Å². The minimum absolute atomic E-state index is 0.0135. The molecule has 0 spiro atoms. The number of nitrogens with two attached hydrogens (primary N) is 1. The highest BCUT2D eigenvalue weighted by Gasteiger charge is 2.41. The number of benzene rings is 5. The lowest BCUT2D eigenvalue weighted by Crippen LogP contribution is -2.45. The molecule has 3 aliphatic heterocycles. The Hall–Kier alpha value is -8.54. The summed E-state index contributed by atoms with van der Waals surface area (Å²) in [4.78, 5) is 160. The molecule has 0 radical (unpaired) electrons. The number of nitrogens with one attached hydrogen (secondary N) is 3. The lowest BCUT2D eigenvalue weighted by molar-refractivity contribution is -0.139. The van der Waals surface area contributed by atoms with Gasteiger partial charge in [-0.2, -0.15) is 11.8 Å². The zero-order chi connectivity index (χ0) is 81.3. The van der Waals surface area contributed by atoms with Crippen LogP contribution >= 0.6 is 54.1 Å². The van der Waals surface area contributed by atoms with E-state index in [0.717, 1.165) is 22.5 Å². The van der Waals surface area contributed by atoms with Crippen LogP contribution in [0.3, 0.4) is 0 Å². The van der Waals surface area contributed by atoms with Crippen LogP contribution in [0.15, 0.2) is 97.1 Å². The molecule has 1 saturated heterocycles. The predicted octanol–water partition coefficient (Wildman–Crippen LogP) is 9.27. The van der Waals surface area contributed by atoms with Gasteiger partial charge in [-0.3, -0.25) is 48.2 Å². The number of thiophene rings is 1. The molecule has 5 aromatic carbocycles. The summed E-state index contributed by atoms with van der Waals surface area (Å²) in [5.41, 5.74) is 8.54. The first kappa shape index (κ1) is 88.4. The van der Waals surface area contributed by atoms with Crippen LogP contribution in [0.4, 0.5) is 31.4 Å². The molecule has 1 unspecified atom stereocenters. The van der Waals surface area contributed by atoms with Gasteiger partial charge in [0.05, 0.1) is 118 Å². The summed E-state index contributed by atoms with van der Waals surface area (Å²) in [6.45, 7) is 7.73. The van der Waals surface area contributed by atoms with Crippen LogP contribution in [0.25, 0.3) is 21.5 Å². The van der Waals surface area contributed by atoms with Gasteiger partial charge in [-0.25, -0.2) is 18.9 Å². The van der Waals surface area contributed by atoms with E-state index in [2.05, 4.69) is 16.0 Å². The minimum atomic E-state index is -5.01. The van der Waals surface area contributed by atoms with Crippen molar-refractivity contribution in [1.82, 2.24) is 25.3 Å². The molecule has 36 heteroatoms. The van der Waals surface area contributed by atoms with E-state index in [4.69, 9.17) is 71.4 Å². The number of likely N-dealkylation sites (tertiary alicyclic amines) is 1. The SMILES string of the molecule is CSC1CC(=O)N(CCOCCOCCOCCOCCOCCOCCC(=O)N[C@H](C(=O)C[C@@H](CCCNC(N)=O)C(=O)Nc2ccc(COC(=O)N(C)CCN(C)C(=O)Oc3cc4c(c5ccccc35)[C@H](CCl)CN4C(=O)c3ccc(C(=O)N4C[C@@H](CCl)c5c4cc(OP(=O)(O)O)c4ccccc54)s3)cc2)C(C)C)C1=O. The Labute approximate surface area is 672 Å². The number of phosphoric acid groups is 1. The standard InChI is InChI=1S/C77H96Cl2N9O22PS2/c1-48(2)70(83-66(90)22-27-102-29-31-104-33-35-106-37-38-107-36-34-105-32-30-103-28-26-86-67(91)42-65(112-5)74(86)95)60(89)39-50(11-10-23-81-75(80)96)71(92)82-53-18-16-49(17-19-53)47-108-76(97)84(3)24-25-85(4)77(98)109-61-40-58-68(56-14-8-6-12-54(56)61)51(43-78)45-87(58)72(93)63-20-21-64(113-63)73(94)88-46-52(44-79)69-57-15-9-7-13-55(57)62(41-59(69)88)110-111(99,100)101/h6-9,12-21,40-41,48,50-52,65,70H,10-11,22-39,42-47H2,1-5H3,(H,82,92)(H,83,90)(H3,80,81,96)(H2,99,100,101)/t50-,51-,52-,65?,70+/m1/s1. The summed E-state index contributed by atoms with van der Waals surface area (Å²) in [7, 11) is -2.00. The van der Waals surface area contributed by atoms with Gasteiger partial charge < -0.3 is 83.7 Å². The van der Waals surface area contributed by atoms with Crippen molar-refractivity contribution in [1.29, 1.82) is 0 Å². The molecule has 3 aliphatic rings. The summed E-state index contributed by atoms with van der Waals surface area (Å²) in [6, 6.07) is 25.2. The Morgan fingerprint density at radius 3 is 1.66 bits per heavy atom. The molecular formula is C77H96Cl2N9O22PS2. The molecule has 9 rings (SSSR count). The van der Waals surface area contributed by atoms with Crippen molar-refractivity contribution >= 4 is 152 Å². The molecule has 612 valence electrons. The molecule has 7 N–H and O–H groups in total. The second-order valence-electron chi connectivity index (χ2n) is 27.3. The quantitative estimate of drug-likeness (QED) is 0.00897. The molecule has 0 aliphatic carbocycles. The monoisotopic (exact) mass is 1660 g/mol. The lowest BCUT2D eigenvalue weighted by atomic mass is 9.89. The smallest absolute Gasteiger partial charge is 0.445 e. The van der Waals surface area contributed by atoms with Gasteiger partial charge in [0.2, 0.25) is 23.6 Å². The molecule has 31 nitrogen and oxygen atoms in total. The number of carbonyl (C=O) groups excluding carboxylic acids is 10. The molecule has 1 aromatic heterocycles. The number of carbonyl (C=O) groups is 10. The number of imide groups is 1. The molecular weight excluding hydrogens is 1570 g/mol. The van der Waals surface area contributed by atoms with E-state index in [1.54, 1.807) is 97.6 Å². The number of halogens is 2. The number of thioether (sulfide) groups is 1. The Balaban J connectivity index is 0.681. The average molecular weight is 1670 g/mol. The van der Waals surface area contributed by atoms with Gasteiger partial charge in [0.15, 0.2) is 5.78 Å². The number of nitrogens with zero attached hydrogens (tertiary/aromatic N) is 5. The third kappa shape index (κ3) is 24.7. The Morgan fingerprint density at radius 2 is 1.17 bits per heavy atom. The number of urea groups is 1. The minimum Gasteiger partial charge on any atom is -0.445 e. The van der Waals surface area contributed by atoms with Gasteiger partial charge in [-0.15, -0.1) is 34.5 Å². The van der Waals surface area contributed by atoms with Crippen molar-refractivity contribution in [2.75, 3.05) is 166 Å². The Bertz CT molecular complexity index is 4390. The van der Waals surface area contributed by atoms with Crippen molar-refractivity contribution < 1.29 is 105 Å². The van der Waals surface area contributed by atoms with Crippen molar-refractivity contribution in [3.05, 3.63) is 124 Å². The molecule has 0 saturated carbocycles. The fraction of sp³-hybridized carbons (Fsp3) is 0.481. The van der Waals surface area contributed by atoms with Crippen molar-refractivity contribution in [2.24, 2.45) is 17.6 Å². The fourth-order valence-electron chi connectivity index (χ4n) is 13.1. The summed E-state index contributed by atoms with van der Waals surface area (Å²) < 4.78 is 62.0. The number of fused-ring (bicyclic) bond motifs is 6. The number of amides is 10. The predicted molar refractivity (Wildman–Crippen MR) is 427 cm³/mol. The van der Waals surface area contributed by atoms with Gasteiger partial charge in [0, 0.05) is 124 Å². The number of hydrogen-bond acceptors (Lipinski definition) is 22. The van der Waals surface area contributed by atoms with Gasteiger partial charge in [-0.1, -0.05) is 74.5 Å². The first-order chi connectivity index (χ1) is 54.3. The molecule has 6 aromatic rings. The number of anilines is 3. The van der Waals surface area contributed by atoms with Crippen molar-refractivity contribution in [3.8, 4) is 11.5 Å². The number of Topliss-reactive ketones (excluding diaryl/α,β-unsaturated/α-hetero) is 1. The van der Waals surface area contributed by atoms with Gasteiger partial charge in [0.1, 0.15) is 18.1 Å². The second-order valence-corrected chi connectivity index (χ2v) is 31.2. The van der Waals surface area contributed by atoms with Crippen molar-refractivity contribution in [2.45, 2.75) is 75.7 Å². The van der Waals surface area contributed by atoms with Crippen LogP contribution < -0.4 is 40.7 Å². The van der Waals surface area contributed by atoms with E-state index in [-0.39, 0.29) is 172 Å². The van der Waals surface area contributed by atoms with Crippen molar-refractivity contribution in [3.63, 3.8) is 0 Å². The molecule has 0 bridgehead atoms. The number of primary amides is 1. The number of rotatable bonds is 45. The van der Waals surface area contributed by atoms with Crippen LogP contribution in [0.1, 0.15) is 93.8 Å². The fourth-order valence-corrected chi connectivity index (χ4v) is 15.6. The van der Waals surface area contributed by atoms with Crippen LogP contribution in [-0.2, 0) is 68.3 Å². The van der Waals surface area contributed by atoms with Gasteiger partial charge in [0.25, 0.3) is 11.8 Å². The first-order valence-electron chi connectivity index (χ1n) is 36.9. The van der Waals surface area contributed by atoms with Gasteiger partial charge >= 0.3 is 26.0 Å². The summed E-state index contributed by atoms with van der Waals surface area (Å²) >= 11 is 15.4. The number of ketones is 1. The molecule has 5 atom stereocenters. The van der Waals surface area contributed by atoms with Gasteiger partial charge in [-0.05, 0) is 76.7 Å². The van der Waals surface area contributed by atoms with Crippen LogP contribution in [0.2, 0.25) is 0 Å². The first-order valence-corrected chi connectivity index (χ1v) is 41.6. The van der Waals surface area contributed by atoms with Crippen LogP contribution in [-0.4, -0.2) is 246 Å². The van der Waals surface area contributed by atoms with E-state index in [9.17, 15) is 62.3 Å². The van der Waals surface area contributed by atoms with E-state index in [1.165, 1.54) is 51.5 Å². The highest BCUT2D eigenvalue weighted by molar-refractivity contribution is 8.00. The second kappa shape index (κ2) is 43.3. The number of likely N-dealkylation sites (N-methyl/N-ethyl adjacent to an activating group) is 2. The zero-order valence-corrected chi connectivity index (χ0v) is 67.5. The normalized spacial score (nSPS) is 15.8. The van der Waals surface area contributed by atoms with Crippen LogP contribution in [0.5, 0.6) is 11.5 Å². The van der Waals surface area contributed by atoms with E-state index < -0.39 is 61.6 Å². The number of hydrogen-bond donors (Lipinski definition) is 6. The summed E-state index contributed by atoms with van der Waals surface area (Å²) in [5, 5.41) is 10.2. The maximum absolute atomic E-state index is 14.7. The summed E-state index contributed by atoms with van der Waals surface area (Å²) in [6.07, 6.45) is 0.823. The maximum Gasteiger partial charge on any atom is 0.524 e. The Kier molecular flexibility index (Phi) is 33.8. The number of ether oxygens (including phenoxy) is 8. The third-order valence-electron chi connectivity index (χ3n) is 19.0. The Morgan fingerprint density at radius 1 is 0.673 bits per heavy atom. The largest absolute Gasteiger partial charge is 0.524 e. The maximum atomic E-state index is 14.7. The highest BCUT2D eigenvalue weighted by atomic mass is 35.5. The van der Waals surface area contributed by atoms with E-state index in [1.807, 2.05) is 18.4 Å². The lowest BCUT2D eigenvalue weighted by Gasteiger charge is -2.24. The molecule has 4 heterocycles. The topological polar surface area (TPSA) is 390 Å². The summed E-state index contributed by atoms with van der Waals surface area (Å²) in [5.74, 6) is -4.03. The zero-order valence-electron chi connectivity index (χ0n) is 63.5. The van der Waals surface area contributed by atoms with Crippen LogP contribution in [0, 0.1) is 11.8 Å². The molecule has 1 fully saturated rings. The highest BCUT2D eigenvalue weighted by Crippen LogP contribution is 2.51. The molecule has 113 heavy (non-hydrogen) atoms.